The number of nitriles is 1. The van der Waals surface area contributed by atoms with Gasteiger partial charge >= 0.3 is 0 Å². The predicted molar refractivity (Wildman–Crippen MR) is 122 cm³/mol. The molecule has 1 heterocycles. The summed E-state index contributed by atoms with van der Waals surface area (Å²) in [5.74, 6) is 0.489. The lowest BCUT2D eigenvalue weighted by Gasteiger charge is -2.42. The Balaban J connectivity index is 1.59. The third kappa shape index (κ3) is 6.30. The summed E-state index contributed by atoms with van der Waals surface area (Å²) in [5, 5.41) is 9.11. The van der Waals surface area contributed by atoms with Crippen LogP contribution in [0.1, 0.15) is 43.7 Å². The van der Waals surface area contributed by atoms with Crippen LogP contribution in [0.2, 0.25) is 0 Å². The van der Waals surface area contributed by atoms with Crippen molar-refractivity contribution in [3.05, 3.63) is 63.9 Å². The Kier molecular flexibility index (Phi) is 8.09. The number of carbonyl (C=O) groups is 1. The Labute approximate surface area is 192 Å². The summed E-state index contributed by atoms with van der Waals surface area (Å²) in [4.78, 5) is 14.6. The summed E-state index contributed by atoms with van der Waals surface area (Å²) >= 11 is 3.47. The van der Waals surface area contributed by atoms with E-state index in [0.29, 0.717) is 19.5 Å². The van der Waals surface area contributed by atoms with Gasteiger partial charge in [-0.2, -0.15) is 5.26 Å². The van der Waals surface area contributed by atoms with E-state index in [2.05, 4.69) is 28.9 Å². The van der Waals surface area contributed by atoms with Gasteiger partial charge in [0, 0.05) is 24.0 Å². The van der Waals surface area contributed by atoms with Crippen LogP contribution in [-0.2, 0) is 17.6 Å². The quantitative estimate of drug-likeness (QED) is 0.481. The molecule has 2 aromatic carbocycles. The van der Waals surface area contributed by atoms with E-state index in [1.165, 1.54) is 12.1 Å². The van der Waals surface area contributed by atoms with E-state index in [4.69, 9.17) is 10.00 Å². The van der Waals surface area contributed by atoms with Gasteiger partial charge in [-0.1, -0.05) is 35.0 Å². The van der Waals surface area contributed by atoms with Gasteiger partial charge in [0.15, 0.2) is 6.61 Å². The molecular weight excluding hydrogens is 459 g/mol. The van der Waals surface area contributed by atoms with Crippen molar-refractivity contribution in [2.45, 2.75) is 45.4 Å². The van der Waals surface area contributed by atoms with Crippen molar-refractivity contribution in [1.29, 1.82) is 5.26 Å². The van der Waals surface area contributed by atoms with Crippen LogP contribution in [0.5, 0.6) is 5.75 Å². The first-order valence-electron chi connectivity index (χ1n) is 10.7. The van der Waals surface area contributed by atoms with Gasteiger partial charge in [0.25, 0.3) is 5.91 Å². The van der Waals surface area contributed by atoms with Gasteiger partial charge in [0.05, 0.1) is 6.07 Å². The Morgan fingerprint density at radius 1 is 1.23 bits per heavy atom. The molecule has 0 aromatic heterocycles. The number of carbonyl (C=O) groups excluding carboxylic acids is 1. The number of aryl methyl sites for hydroxylation is 1. The van der Waals surface area contributed by atoms with E-state index in [1.807, 2.05) is 35.2 Å². The summed E-state index contributed by atoms with van der Waals surface area (Å²) < 4.78 is 20.1. The summed E-state index contributed by atoms with van der Waals surface area (Å²) in [6.07, 6.45) is 4.57. The van der Waals surface area contributed by atoms with Gasteiger partial charge in [-0.25, -0.2) is 4.39 Å². The Morgan fingerprint density at radius 3 is 2.58 bits per heavy atom. The van der Waals surface area contributed by atoms with E-state index in [-0.39, 0.29) is 23.7 Å². The van der Waals surface area contributed by atoms with Crippen molar-refractivity contribution in [1.82, 2.24) is 4.90 Å². The van der Waals surface area contributed by atoms with E-state index in [1.54, 1.807) is 0 Å². The number of hydrogen-bond donors (Lipinski definition) is 0. The number of piperidine rings is 1. The molecule has 3 rings (SSSR count). The molecule has 1 amide bonds. The van der Waals surface area contributed by atoms with Crippen LogP contribution in [0.15, 0.2) is 46.9 Å². The van der Waals surface area contributed by atoms with Crippen LogP contribution in [0.25, 0.3) is 0 Å². The molecule has 1 saturated heterocycles. The molecule has 0 spiro atoms. The number of rotatable bonds is 8. The fraction of sp³-hybridized carbons (Fsp3) is 0.440. The second-order valence-corrected chi connectivity index (χ2v) is 9.15. The highest BCUT2D eigenvalue weighted by Gasteiger charge is 2.35. The van der Waals surface area contributed by atoms with Gasteiger partial charge < -0.3 is 9.64 Å². The van der Waals surface area contributed by atoms with Crippen molar-refractivity contribution < 1.29 is 13.9 Å². The highest BCUT2D eigenvalue weighted by Crippen LogP contribution is 2.39. The van der Waals surface area contributed by atoms with Crippen LogP contribution in [0.3, 0.4) is 0 Å². The maximum absolute atomic E-state index is 13.3. The van der Waals surface area contributed by atoms with E-state index in [0.717, 1.165) is 53.5 Å². The van der Waals surface area contributed by atoms with Crippen molar-refractivity contribution in [2.24, 2.45) is 5.41 Å². The minimum absolute atomic E-state index is 0.0133. The number of halogens is 2. The first-order chi connectivity index (χ1) is 14.9. The molecule has 0 aliphatic carbocycles. The van der Waals surface area contributed by atoms with Crippen LogP contribution >= 0.6 is 15.9 Å². The molecule has 4 nitrogen and oxygen atoms in total. The Hall–Kier alpha value is -2.39. The average Bonchev–Trinajstić information content (AvgIpc) is 2.78. The lowest BCUT2D eigenvalue weighted by atomic mass is 9.71. The van der Waals surface area contributed by atoms with E-state index < -0.39 is 0 Å². The maximum Gasteiger partial charge on any atom is 0.260 e. The Morgan fingerprint density at radius 2 is 1.94 bits per heavy atom. The molecule has 1 fully saturated rings. The SMILES string of the molecule is CCc1cc(Br)ccc1OCC(=O)N1CCC(CCC#N)(Cc2ccc(F)cc2)CC1. The third-order valence-electron chi connectivity index (χ3n) is 6.19. The molecule has 0 unspecified atom stereocenters. The second-order valence-electron chi connectivity index (χ2n) is 8.24. The van der Waals surface area contributed by atoms with E-state index >= 15 is 0 Å². The van der Waals surface area contributed by atoms with Crippen LogP contribution < -0.4 is 4.74 Å². The van der Waals surface area contributed by atoms with Crippen LogP contribution in [-0.4, -0.2) is 30.5 Å². The van der Waals surface area contributed by atoms with Crippen LogP contribution in [0.4, 0.5) is 4.39 Å². The lowest BCUT2D eigenvalue weighted by Crippen LogP contribution is -2.45. The smallest absolute Gasteiger partial charge is 0.260 e. The minimum Gasteiger partial charge on any atom is -0.483 e. The number of likely N-dealkylation sites (tertiary alicyclic amines) is 1. The molecule has 0 N–H and O–H groups in total. The van der Waals surface area contributed by atoms with Crippen molar-refractivity contribution >= 4 is 21.8 Å². The summed E-state index contributed by atoms with van der Waals surface area (Å²) in [6, 6.07) is 14.7. The molecule has 2 aromatic rings. The van der Waals surface area contributed by atoms with Crippen molar-refractivity contribution in [3.63, 3.8) is 0 Å². The van der Waals surface area contributed by atoms with Crippen molar-refractivity contribution in [3.8, 4) is 11.8 Å². The van der Waals surface area contributed by atoms with Crippen molar-refractivity contribution in [2.75, 3.05) is 19.7 Å². The highest BCUT2D eigenvalue weighted by molar-refractivity contribution is 9.10. The molecule has 164 valence electrons. The zero-order chi connectivity index (χ0) is 22.3. The summed E-state index contributed by atoms with van der Waals surface area (Å²) in [6.45, 7) is 3.38. The highest BCUT2D eigenvalue weighted by atomic mass is 79.9. The third-order valence-corrected chi connectivity index (χ3v) is 6.68. The zero-order valence-corrected chi connectivity index (χ0v) is 19.5. The number of ether oxygens (including phenoxy) is 1. The minimum atomic E-state index is -0.243. The fourth-order valence-corrected chi connectivity index (χ4v) is 4.71. The molecule has 0 atom stereocenters. The monoisotopic (exact) mass is 486 g/mol. The second kappa shape index (κ2) is 10.8. The zero-order valence-electron chi connectivity index (χ0n) is 17.9. The van der Waals surface area contributed by atoms with Gasteiger partial charge in [-0.3, -0.25) is 4.79 Å². The number of nitrogens with zero attached hydrogens (tertiary/aromatic N) is 2. The topological polar surface area (TPSA) is 53.3 Å². The fourth-order valence-electron chi connectivity index (χ4n) is 4.30. The van der Waals surface area contributed by atoms with Gasteiger partial charge in [0.1, 0.15) is 11.6 Å². The number of benzene rings is 2. The molecule has 0 bridgehead atoms. The van der Waals surface area contributed by atoms with E-state index in [9.17, 15) is 9.18 Å². The van der Waals surface area contributed by atoms with Gasteiger partial charge in [-0.05, 0) is 79.0 Å². The molecular formula is C25H28BrFN2O2. The molecule has 0 saturated carbocycles. The summed E-state index contributed by atoms with van der Waals surface area (Å²) in [5.41, 5.74) is 2.10. The standard InChI is InChI=1S/C25H28BrFN2O2/c1-2-20-16-21(26)6-9-23(20)31-18-24(30)29-14-11-25(12-15-29,10-3-13-28)17-19-4-7-22(27)8-5-19/h4-9,16H,2-3,10-12,14-15,17-18H2,1H3. The predicted octanol–water partition coefficient (Wildman–Crippen LogP) is 5.68. The summed E-state index contributed by atoms with van der Waals surface area (Å²) in [7, 11) is 0. The number of amides is 1. The first kappa shape index (κ1) is 23.3. The van der Waals surface area contributed by atoms with Crippen LogP contribution in [0, 0.1) is 22.6 Å². The molecule has 6 heteroatoms. The first-order valence-corrected chi connectivity index (χ1v) is 11.5. The normalized spacial score (nSPS) is 15.4. The maximum atomic E-state index is 13.3. The molecule has 1 aliphatic heterocycles. The molecule has 1 aliphatic rings. The van der Waals surface area contributed by atoms with Gasteiger partial charge in [-0.15, -0.1) is 0 Å². The molecule has 0 radical (unpaired) electrons. The lowest BCUT2D eigenvalue weighted by molar-refractivity contribution is -0.135. The largest absolute Gasteiger partial charge is 0.483 e. The number of hydrogen-bond acceptors (Lipinski definition) is 3. The molecule has 31 heavy (non-hydrogen) atoms. The Bertz CT molecular complexity index is 932. The average molecular weight is 487 g/mol. The van der Waals surface area contributed by atoms with Gasteiger partial charge in [0.2, 0.25) is 0 Å².